The molecule has 1 N–H and O–H groups in total. The van der Waals surface area contributed by atoms with Gasteiger partial charge in [0.05, 0.1) is 17.3 Å². The summed E-state index contributed by atoms with van der Waals surface area (Å²) in [7, 11) is 0. The van der Waals surface area contributed by atoms with Crippen LogP contribution in [0.1, 0.15) is 31.2 Å². The molecular weight excluding hydrogens is 343 g/mol. The van der Waals surface area contributed by atoms with Crippen LogP contribution in [0.25, 0.3) is 28.0 Å². The van der Waals surface area contributed by atoms with Crippen molar-refractivity contribution in [1.29, 1.82) is 0 Å². The third-order valence-electron chi connectivity index (χ3n) is 4.59. The summed E-state index contributed by atoms with van der Waals surface area (Å²) in [4.78, 5) is 8.77. The van der Waals surface area contributed by atoms with Crippen LogP contribution in [-0.2, 0) is 6.42 Å². The Hall–Kier alpha value is -3.12. The second-order valence-corrected chi connectivity index (χ2v) is 6.43. The van der Waals surface area contributed by atoms with Crippen LogP contribution >= 0.6 is 0 Å². The monoisotopic (exact) mass is 362 g/mol. The lowest BCUT2D eigenvalue weighted by Gasteiger charge is -2.07. The molecule has 0 spiro atoms. The van der Waals surface area contributed by atoms with Gasteiger partial charge in [-0.05, 0) is 37.1 Å². The SMILES string of the molecule is CCc1ccc(F)c(-c2cnc(-n3nc(C(C)O)c4ccccc43)nc2)c1. The molecule has 1 unspecified atom stereocenters. The quantitative estimate of drug-likeness (QED) is 0.590. The fourth-order valence-corrected chi connectivity index (χ4v) is 3.13. The molecule has 0 saturated heterocycles. The van der Waals surface area contributed by atoms with Crippen molar-refractivity contribution in [3.8, 4) is 17.1 Å². The molecule has 0 aliphatic carbocycles. The predicted molar refractivity (Wildman–Crippen MR) is 102 cm³/mol. The van der Waals surface area contributed by atoms with Crippen LogP contribution in [0, 0.1) is 5.82 Å². The molecular formula is C21H19FN4O. The van der Waals surface area contributed by atoms with Crippen molar-refractivity contribution in [3.05, 3.63) is 71.9 Å². The van der Waals surface area contributed by atoms with Gasteiger partial charge in [0.15, 0.2) is 0 Å². The molecule has 5 nitrogen and oxygen atoms in total. The highest BCUT2D eigenvalue weighted by Gasteiger charge is 2.16. The van der Waals surface area contributed by atoms with E-state index in [2.05, 4.69) is 15.1 Å². The summed E-state index contributed by atoms with van der Waals surface area (Å²) in [6, 6.07) is 12.7. The number of aliphatic hydroxyl groups excluding tert-OH is 1. The van der Waals surface area contributed by atoms with E-state index < -0.39 is 6.10 Å². The topological polar surface area (TPSA) is 63.8 Å². The molecule has 0 aliphatic heterocycles. The number of benzene rings is 2. The maximum absolute atomic E-state index is 14.2. The number of rotatable bonds is 4. The highest BCUT2D eigenvalue weighted by molar-refractivity contribution is 5.83. The van der Waals surface area contributed by atoms with Crippen LogP contribution in [0.3, 0.4) is 0 Å². The maximum atomic E-state index is 14.2. The van der Waals surface area contributed by atoms with Gasteiger partial charge in [-0.25, -0.2) is 14.4 Å². The van der Waals surface area contributed by atoms with Gasteiger partial charge in [0.1, 0.15) is 5.82 Å². The van der Waals surface area contributed by atoms with Crippen molar-refractivity contribution in [2.75, 3.05) is 0 Å². The Morgan fingerprint density at radius 2 is 1.85 bits per heavy atom. The molecule has 0 amide bonds. The Balaban J connectivity index is 1.79. The summed E-state index contributed by atoms with van der Waals surface area (Å²) in [5, 5.41) is 15.3. The number of fused-ring (bicyclic) bond motifs is 1. The lowest BCUT2D eigenvalue weighted by molar-refractivity contribution is 0.195. The summed E-state index contributed by atoms with van der Waals surface area (Å²) in [5.41, 5.74) is 3.52. The maximum Gasteiger partial charge on any atom is 0.251 e. The third kappa shape index (κ3) is 3.08. The van der Waals surface area contributed by atoms with E-state index in [1.54, 1.807) is 30.1 Å². The molecule has 0 aliphatic rings. The average molecular weight is 362 g/mol. The standard InChI is InChI=1S/C21H19FN4O/c1-3-14-8-9-18(22)17(10-14)15-11-23-21(24-12-15)26-19-7-5-4-6-16(19)20(25-26)13(2)27/h4-13,27H,3H2,1-2H3. The van der Waals surface area contributed by atoms with E-state index in [4.69, 9.17) is 0 Å². The van der Waals surface area contributed by atoms with Gasteiger partial charge in [0.2, 0.25) is 0 Å². The zero-order valence-corrected chi connectivity index (χ0v) is 15.1. The minimum atomic E-state index is -0.707. The highest BCUT2D eigenvalue weighted by atomic mass is 19.1. The summed E-state index contributed by atoms with van der Waals surface area (Å²) in [6.07, 6.45) is 3.31. The summed E-state index contributed by atoms with van der Waals surface area (Å²) in [6.45, 7) is 3.70. The zero-order chi connectivity index (χ0) is 19.0. The van der Waals surface area contributed by atoms with Crippen LogP contribution in [-0.4, -0.2) is 24.9 Å². The molecule has 0 radical (unpaired) electrons. The average Bonchev–Trinajstić information content (AvgIpc) is 3.09. The Kier molecular flexibility index (Phi) is 4.41. The molecule has 2 heterocycles. The molecule has 2 aromatic heterocycles. The van der Waals surface area contributed by atoms with Gasteiger partial charge >= 0.3 is 0 Å². The van der Waals surface area contributed by atoms with Crippen LogP contribution in [0.2, 0.25) is 0 Å². The van der Waals surface area contributed by atoms with Crippen molar-refractivity contribution >= 4 is 10.9 Å². The van der Waals surface area contributed by atoms with E-state index in [9.17, 15) is 9.50 Å². The minimum Gasteiger partial charge on any atom is -0.387 e. The van der Waals surface area contributed by atoms with E-state index in [-0.39, 0.29) is 5.82 Å². The number of para-hydroxylation sites is 1. The van der Waals surface area contributed by atoms with Gasteiger partial charge in [-0.3, -0.25) is 0 Å². The van der Waals surface area contributed by atoms with Gasteiger partial charge in [0, 0.05) is 28.9 Å². The molecule has 136 valence electrons. The van der Waals surface area contributed by atoms with E-state index in [1.165, 1.54) is 6.07 Å². The number of hydrogen-bond donors (Lipinski definition) is 1. The molecule has 6 heteroatoms. The first-order valence-electron chi connectivity index (χ1n) is 8.85. The van der Waals surface area contributed by atoms with E-state index in [0.717, 1.165) is 22.9 Å². The van der Waals surface area contributed by atoms with Crippen LogP contribution in [0.4, 0.5) is 4.39 Å². The number of aromatic nitrogens is 4. The largest absolute Gasteiger partial charge is 0.387 e. The van der Waals surface area contributed by atoms with Crippen LogP contribution in [0.15, 0.2) is 54.9 Å². The Morgan fingerprint density at radius 1 is 1.11 bits per heavy atom. The van der Waals surface area contributed by atoms with Crippen LogP contribution < -0.4 is 0 Å². The fourth-order valence-electron chi connectivity index (χ4n) is 3.13. The molecule has 0 saturated carbocycles. The molecule has 27 heavy (non-hydrogen) atoms. The van der Waals surface area contributed by atoms with E-state index >= 15 is 0 Å². The van der Waals surface area contributed by atoms with Crippen molar-refractivity contribution in [1.82, 2.24) is 19.7 Å². The smallest absolute Gasteiger partial charge is 0.251 e. The lowest BCUT2D eigenvalue weighted by Crippen LogP contribution is -2.04. The third-order valence-corrected chi connectivity index (χ3v) is 4.59. The van der Waals surface area contributed by atoms with E-state index in [0.29, 0.717) is 22.8 Å². The van der Waals surface area contributed by atoms with Gasteiger partial charge in [-0.2, -0.15) is 9.78 Å². The van der Waals surface area contributed by atoms with Crippen molar-refractivity contribution < 1.29 is 9.50 Å². The number of halogens is 1. The Bertz CT molecular complexity index is 1100. The minimum absolute atomic E-state index is 0.301. The number of hydrogen-bond acceptors (Lipinski definition) is 4. The first-order valence-corrected chi connectivity index (χ1v) is 8.85. The van der Waals surface area contributed by atoms with Gasteiger partial charge in [-0.1, -0.05) is 31.2 Å². The summed E-state index contributed by atoms with van der Waals surface area (Å²) >= 11 is 0. The first kappa shape index (κ1) is 17.3. The summed E-state index contributed by atoms with van der Waals surface area (Å²) in [5.74, 6) is 0.0679. The zero-order valence-electron chi connectivity index (χ0n) is 15.1. The van der Waals surface area contributed by atoms with Gasteiger partial charge < -0.3 is 5.11 Å². The second-order valence-electron chi connectivity index (χ2n) is 6.43. The van der Waals surface area contributed by atoms with Crippen molar-refractivity contribution in [2.24, 2.45) is 0 Å². The summed E-state index contributed by atoms with van der Waals surface area (Å²) < 4.78 is 15.8. The predicted octanol–water partition coefficient (Wildman–Crippen LogP) is 4.24. The van der Waals surface area contributed by atoms with Gasteiger partial charge in [-0.15, -0.1) is 0 Å². The second kappa shape index (κ2) is 6.89. The van der Waals surface area contributed by atoms with Gasteiger partial charge in [0.25, 0.3) is 5.95 Å². The van der Waals surface area contributed by atoms with Crippen molar-refractivity contribution in [2.45, 2.75) is 26.4 Å². The molecule has 4 aromatic rings. The molecule has 0 fully saturated rings. The molecule has 2 aromatic carbocycles. The van der Waals surface area contributed by atoms with Crippen molar-refractivity contribution in [3.63, 3.8) is 0 Å². The number of aryl methyl sites for hydroxylation is 1. The number of nitrogens with zero attached hydrogens (tertiary/aromatic N) is 4. The van der Waals surface area contributed by atoms with E-state index in [1.807, 2.05) is 37.3 Å². The fraction of sp³-hybridized carbons (Fsp3) is 0.190. The Labute approximate surface area is 156 Å². The van der Waals surface area contributed by atoms with Crippen LogP contribution in [0.5, 0.6) is 0 Å². The first-order chi connectivity index (χ1) is 13.1. The number of aliphatic hydroxyl groups is 1. The molecule has 0 bridgehead atoms. The molecule has 4 rings (SSSR count). The Morgan fingerprint density at radius 3 is 2.56 bits per heavy atom. The normalized spacial score (nSPS) is 12.4. The molecule has 1 atom stereocenters. The highest BCUT2D eigenvalue weighted by Crippen LogP contribution is 2.26. The lowest BCUT2D eigenvalue weighted by atomic mass is 10.0.